The standard InChI is InChI=1S/C10H10/c1-2-6-10-8-4-3-7-9(10)5-1/h1,3,5,7H,2,4,6H2. The molecule has 2 aliphatic carbocycles. The Morgan fingerprint density at radius 2 is 2.10 bits per heavy atom. The van der Waals surface area contributed by atoms with E-state index in [1.807, 2.05) is 0 Å². The van der Waals surface area contributed by atoms with Crippen molar-refractivity contribution in [3.63, 3.8) is 0 Å². The monoisotopic (exact) mass is 130 g/mol. The summed E-state index contributed by atoms with van der Waals surface area (Å²) in [5.74, 6) is 0. The molecule has 0 atom stereocenters. The molecule has 0 aromatic heterocycles. The van der Waals surface area contributed by atoms with Crippen molar-refractivity contribution in [3.8, 4) is 0 Å². The third kappa shape index (κ3) is 0.942. The molecule has 2 aliphatic rings. The maximum atomic E-state index is 3.36. The molecule has 0 bridgehead atoms. The van der Waals surface area contributed by atoms with E-state index >= 15 is 0 Å². The van der Waals surface area contributed by atoms with Gasteiger partial charge in [-0.05, 0) is 24.8 Å². The van der Waals surface area contributed by atoms with E-state index in [0.29, 0.717) is 0 Å². The second kappa shape index (κ2) is 2.45. The molecular formula is C10H10. The van der Waals surface area contributed by atoms with E-state index in [0.717, 1.165) is 6.42 Å². The Bertz CT molecular complexity index is 194. The van der Waals surface area contributed by atoms with Crippen LogP contribution in [0.25, 0.3) is 0 Å². The molecule has 2 rings (SSSR count). The quantitative estimate of drug-likeness (QED) is 0.473. The van der Waals surface area contributed by atoms with Crippen LogP contribution in [0.3, 0.4) is 0 Å². The lowest BCUT2D eigenvalue weighted by Crippen LogP contribution is -1.97. The van der Waals surface area contributed by atoms with Gasteiger partial charge in [-0.2, -0.15) is 0 Å². The van der Waals surface area contributed by atoms with Gasteiger partial charge in [0.2, 0.25) is 0 Å². The zero-order chi connectivity index (χ0) is 6.81. The Morgan fingerprint density at radius 1 is 1.20 bits per heavy atom. The predicted octanol–water partition coefficient (Wildman–Crippen LogP) is 2.67. The van der Waals surface area contributed by atoms with Crippen LogP contribution in [-0.4, -0.2) is 0 Å². The van der Waals surface area contributed by atoms with Gasteiger partial charge < -0.3 is 0 Å². The Kier molecular flexibility index (Phi) is 1.46. The van der Waals surface area contributed by atoms with Gasteiger partial charge in [0.1, 0.15) is 0 Å². The minimum Gasteiger partial charge on any atom is -0.0836 e. The summed E-state index contributed by atoms with van der Waals surface area (Å²) < 4.78 is 0. The van der Waals surface area contributed by atoms with Crippen LogP contribution in [0.5, 0.6) is 0 Å². The SMILES string of the molecule is [C]1CC=CC2=C1CCC=C2. The van der Waals surface area contributed by atoms with E-state index in [4.69, 9.17) is 0 Å². The third-order valence-corrected chi connectivity index (χ3v) is 1.94. The van der Waals surface area contributed by atoms with Crippen molar-refractivity contribution >= 4 is 0 Å². The van der Waals surface area contributed by atoms with Gasteiger partial charge in [-0.25, -0.2) is 0 Å². The number of allylic oxidation sites excluding steroid dienone is 6. The lowest BCUT2D eigenvalue weighted by molar-refractivity contribution is 0.929. The highest BCUT2D eigenvalue weighted by Crippen LogP contribution is 2.26. The van der Waals surface area contributed by atoms with Crippen molar-refractivity contribution < 1.29 is 0 Å². The highest BCUT2D eigenvalue weighted by atomic mass is 14.1. The first-order valence-corrected chi connectivity index (χ1v) is 3.77. The van der Waals surface area contributed by atoms with Gasteiger partial charge in [0.05, 0.1) is 0 Å². The van der Waals surface area contributed by atoms with Crippen LogP contribution in [0, 0.1) is 6.42 Å². The minimum absolute atomic E-state index is 1.01. The normalized spacial score (nSPS) is 23.2. The fourth-order valence-corrected chi connectivity index (χ4v) is 1.40. The summed E-state index contributed by atoms with van der Waals surface area (Å²) in [6, 6.07) is 0. The van der Waals surface area contributed by atoms with Gasteiger partial charge in [0, 0.05) is 6.42 Å². The molecule has 0 amide bonds. The molecule has 0 heterocycles. The van der Waals surface area contributed by atoms with Gasteiger partial charge in [-0.15, -0.1) is 0 Å². The van der Waals surface area contributed by atoms with Crippen LogP contribution in [0.2, 0.25) is 0 Å². The molecule has 0 saturated heterocycles. The lowest BCUT2D eigenvalue weighted by Gasteiger charge is -2.15. The van der Waals surface area contributed by atoms with Crippen LogP contribution >= 0.6 is 0 Å². The molecule has 2 radical (unpaired) electrons. The first-order chi connectivity index (χ1) is 4.97. The van der Waals surface area contributed by atoms with Crippen LogP contribution in [0.4, 0.5) is 0 Å². The van der Waals surface area contributed by atoms with Gasteiger partial charge >= 0.3 is 0 Å². The molecular weight excluding hydrogens is 120 g/mol. The number of hydrogen-bond acceptors (Lipinski definition) is 0. The lowest BCUT2D eigenvalue weighted by atomic mass is 9.90. The van der Waals surface area contributed by atoms with Gasteiger partial charge in [-0.1, -0.05) is 29.9 Å². The maximum Gasteiger partial charge on any atom is 0.0167 e. The van der Waals surface area contributed by atoms with Crippen LogP contribution in [0.1, 0.15) is 19.3 Å². The molecule has 10 heavy (non-hydrogen) atoms. The molecule has 50 valence electrons. The van der Waals surface area contributed by atoms with Crippen molar-refractivity contribution in [1.29, 1.82) is 0 Å². The van der Waals surface area contributed by atoms with E-state index in [1.165, 1.54) is 24.0 Å². The summed E-state index contributed by atoms with van der Waals surface area (Å²) in [6.07, 6.45) is 15.5. The fourth-order valence-electron chi connectivity index (χ4n) is 1.40. The van der Waals surface area contributed by atoms with Crippen molar-refractivity contribution in [1.82, 2.24) is 0 Å². The highest BCUT2D eigenvalue weighted by molar-refractivity contribution is 5.44. The zero-order valence-corrected chi connectivity index (χ0v) is 5.93. The molecule has 0 N–H and O–H groups in total. The first kappa shape index (κ1) is 5.96. The van der Waals surface area contributed by atoms with E-state index in [2.05, 4.69) is 30.7 Å². The van der Waals surface area contributed by atoms with Crippen LogP contribution in [-0.2, 0) is 0 Å². The Balaban J connectivity index is 2.32. The summed E-state index contributed by atoms with van der Waals surface area (Å²) in [4.78, 5) is 0. The largest absolute Gasteiger partial charge is 0.0836 e. The van der Waals surface area contributed by atoms with Crippen molar-refractivity contribution in [2.45, 2.75) is 19.3 Å². The van der Waals surface area contributed by atoms with Crippen molar-refractivity contribution in [2.24, 2.45) is 0 Å². The van der Waals surface area contributed by atoms with Crippen LogP contribution in [0.15, 0.2) is 35.5 Å². The molecule has 0 nitrogen and oxygen atoms in total. The minimum atomic E-state index is 1.01. The topological polar surface area (TPSA) is 0 Å². The summed E-state index contributed by atoms with van der Waals surface area (Å²) in [5.41, 5.74) is 2.79. The van der Waals surface area contributed by atoms with Gasteiger partial charge in [0.25, 0.3) is 0 Å². The smallest absolute Gasteiger partial charge is 0.0167 e. The number of rotatable bonds is 0. The Morgan fingerprint density at radius 3 is 3.00 bits per heavy atom. The second-order valence-corrected chi connectivity index (χ2v) is 2.66. The summed E-state index contributed by atoms with van der Waals surface area (Å²) >= 11 is 0. The van der Waals surface area contributed by atoms with E-state index < -0.39 is 0 Å². The molecule has 0 spiro atoms. The van der Waals surface area contributed by atoms with Gasteiger partial charge in [0.15, 0.2) is 0 Å². The highest BCUT2D eigenvalue weighted by Gasteiger charge is 2.08. The predicted molar refractivity (Wildman–Crippen MR) is 42.4 cm³/mol. The molecule has 0 fully saturated rings. The summed E-state index contributed by atoms with van der Waals surface area (Å²) in [7, 11) is 0. The van der Waals surface area contributed by atoms with Crippen LogP contribution < -0.4 is 0 Å². The Hall–Kier alpha value is -0.780. The average molecular weight is 130 g/mol. The van der Waals surface area contributed by atoms with Gasteiger partial charge in [-0.3, -0.25) is 0 Å². The summed E-state index contributed by atoms with van der Waals surface area (Å²) in [6.45, 7) is 0. The Labute approximate surface area is 61.9 Å². The van der Waals surface area contributed by atoms with Crippen molar-refractivity contribution in [3.05, 3.63) is 41.9 Å². The molecule has 0 aromatic carbocycles. The van der Waals surface area contributed by atoms with Crippen molar-refractivity contribution in [2.75, 3.05) is 0 Å². The van der Waals surface area contributed by atoms with E-state index in [9.17, 15) is 0 Å². The second-order valence-electron chi connectivity index (χ2n) is 2.66. The molecule has 0 aromatic rings. The molecule has 0 saturated carbocycles. The molecule has 0 unspecified atom stereocenters. The zero-order valence-electron chi connectivity index (χ0n) is 5.93. The van der Waals surface area contributed by atoms with E-state index in [-0.39, 0.29) is 0 Å². The molecule has 0 heteroatoms. The molecule has 0 aliphatic heterocycles. The maximum absolute atomic E-state index is 3.36. The fraction of sp³-hybridized carbons (Fsp3) is 0.300. The number of hydrogen-bond donors (Lipinski definition) is 0. The first-order valence-electron chi connectivity index (χ1n) is 3.77. The average Bonchev–Trinajstić information content (AvgIpc) is 2.05. The van der Waals surface area contributed by atoms with E-state index in [1.54, 1.807) is 0 Å². The third-order valence-electron chi connectivity index (χ3n) is 1.94. The summed E-state index contributed by atoms with van der Waals surface area (Å²) in [5, 5.41) is 0.